The molecule has 1 aliphatic heterocycles. The maximum atomic E-state index is 12.4. The van der Waals surface area contributed by atoms with Crippen molar-refractivity contribution in [1.29, 1.82) is 0 Å². The average Bonchev–Trinajstić information content (AvgIpc) is 1.62. The van der Waals surface area contributed by atoms with E-state index in [2.05, 4.69) is 5.32 Å². The Bertz CT molecular complexity index is 114. The van der Waals surface area contributed by atoms with Gasteiger partial charge in [-0.3, -0.25) is 0 Å². The Hall–Kier alpha value is -0.150. The molecule has 1 saturated heterocycles. The summed E-state index contributed by atoms with van der Waals surface area (Å²) in [6.07, 6.45) is -0.964. The predicted molar refractivity (Wildman–Crippen MR) is 33.0 cm³/mol. The molecule has 0 aromatic rings. The van der Waals surface area contributed by atoms with Crippen molar-refractivity contribution in [2.75, 3.05) is 6.54 Å². The van der Waals surface area contributed by atoms with Gasteiger partial charge in [-0.2, -0.15) is 0 Å². The topological polar surface area (TPSA) is 32.3 Å². The molecule has 0 aromatic heterocycles. The summed E-state index contributed by atoms with van der Waals surface area (Å²) in [5, 5.41) is 12.1. The number of hydrogen-bond acceptors (Lipinski definition) is 2. The first-order valence-electron chi connectivity index (χ1n) is 3.14. The molecule has 1 aliphatic rings. The third-order valence-electron chi connectivity index (χ3n) is 1.81. The third-order valence-corrected chi connectivity index (χ3v) is 1.81. The van der Waals surface area contributed by atoms with E-state index in [1.807, 2.05) is 0 Å². The third kappa shape index (κ3) is 1.07. The van der Waals surface area contributed by atoms with Crippen LogP contribution in [0.25, 0.3) is 0 Å². The molecule has 0 spiro atoms. The number of β-amino-alcohol motifs (C(OH)–C–C–N with tert-alkyl or cyclic N) is 1. The second-order valence-corrected chi connectivity index (χ2v) is 2.89. The highest BCUT2D eigenvalue weighted by atomic mass is 19.1. The van der Waals surface area contributed by atoms with E-state index >= 15 is 0 Å². The molecule has 54 valence electrons. The summed E-state index contributed by atoms with van der Waals surface area (Å²) in [4.78, 5) is 0. The highest BCUT2D eigenvalue weighted by molar-refractivity contribution is 5.02. The van der Waals surface area contributed by atoms with E-state index in [0.717, 1.165) is 0 Å². The predicted octanol–water partition coefficient (Wildman–Crippen LogP) is 0.0672. The van der Waals surface area contributed by atoms with Gasteiger partial charge in [-0.05, 0) is 13.8 Å². The Morgan fingerprint density at radius 3 is 2.44 bits per heavy atom. The minimum atomic E-state index is -0.964. The number of hydrogen-bond donors (Lipinski definition) is 2. The minimum absolute atomic E-state index is 0.363. The quantitative estimate of drug-likeness (QED) is 0.530. The van der Waals surface area contributed by atoms with E-state index in [-0.39, 0.29) is 6.04 Å². The molecule has 0 radical (unpaired) electrons. The Morgan fingerprint density at radius 1 is 1.89 bits per heavy atom. The molecule has 3 atom stereocenters. The molecule has 1 heterocycles. The first-order chi connectivity index (χ1) is 4.04. The van der Waals surface area contributed by atoms with E-state index in [4.69, 9.17) is 0 Å². The normalized spacial score (nSPS) is 46.0. The maximum Gasteiger partial charge on any atom is 0.115 e. The summed E-state index contributed by atoms with van der Waals surface area (Å²) in [7, 11) is 0. The van der Waals surface area contributed by atoms with Crippen LogP contribution in [0.1, 0.15) is 13.8 Å². The van der Waals surface area contributed by atoms with Gasteiger partial charge in [-0.1, -0.05) is 0 Å². The van der Waals surface area contributed by atoms with Crippen LogP contribution >= 0.6 is 0 Å². The number of halogens is 1. The Labute approximate surface area is 54.1 Å². The molecule has 2 nitrogen and oxygen atoms in total. The van der Waals surface area contributed by atoms with Gasteiger partial charge in [0.25, 0.3) is 0 Å². The molecular weight excluding hydrogens is 121 g/mol. The molecule has 3 unspecified atom stereocenters. The first-order valence-corrected chi connectivity index (χ1v) is 3.14. The zero-order valence-corrected chi connectivity index (χ0v) is 5.69. The van der Waals surface area contributed by atoms with Crippen molar-refractivity contribution in [2.45, 2.75) is 31.7 Å². The molecule has 1 fully saturated rings. The molecule has 1 rings (SSSR count). The van der Waals surface area contributed by atoms with Gasteiger partial charge in [-0.25, -0.2) is 4.39 Å². The van der Waals surface area contributed by atoms with Crippen molar-refractivity contribution < 1.29 is 9.50 Å². The van der Waals surface area contributed by atoms with Crippen molar-refractivity contribution in [1.82, 2.24) is 5.32 Å². The smallest absolute Gasteiger partial charge is 0.115 e. The van der Waals surface area contributed by atoms with Gasteiger partial charge >= 0.3 is 0 Å². The molecule has 9 heavy (non-hydrogen) atoms. The summed E-state index contributed by atoms with van der Waals surface area (Å²) in [6.45, 7) is 3.60. The molecule has 0 saturated carbocycles. The SMILES string of the molecule is CC(F)C1NCC1(C)O. The lowest BCUT2D eigenvalue weighted by atomic mass is 9.86. The lowest BCUT2D eigenvalue weighted by Gasteiger charge is -2.44. The average molecular weight is 133 g/mol. The van der Waals surface area contributed by atoms with Gasteiger partial charge in [0.1, 0.15) is 6.17 Å². The Kier molecular flexibility index (Phi) is 1.49. The van der Waals surface area contributed by atoms with Crippen LogP contribution in [0.2, 0.25) is 0 Å². The maximum absolute atomic E-state index is 12.4. The zero-order valence-electron chi connectivity index (χ0n) is 5.69. The standard InChI is InChI=1S/C6H12FNO/c1-4(7)5-6(2,9)3-8-5/h4-5,8-9H,3H2,1-2H3. The second-order valence-electron chi connectivity index (χ2n) is 2.89. The molecule has 0 amide bonds. The molecule has 0 aromatic carbocycles. The largest absolute Gasteiger partial charge is 0.387 e. The minimum Gasteiger partial charge on any atom is -0.387 e. The van der Waals surface area contributed by atoms with E-state index in [1.54, 1.807) is 6.92 Å². The van der Waals surface area contributed by atoms with Crippen LogP contribution in [0.4, 0.5) is 4.39 Å². The van der Waals surface area contributed by atoms with Crippen molar-refractivity contribution in [3.63, 3.8) is 0 Å². The van der Waals surface area contributed by atoms with Crippen molar-refractivity contribution >= 4 is 0 Å². The summed E-state index contributed by atoms with van der Waals surface area (Å²) in [5.41, 5.74) is -0.825. The van der Waals surface area contributed by atoms with Crippen LogP contribution in [0.3, 0.4) is 0 Å². The Morgan fingerprint density at radius 2 is 2.44 bits per heavy atom. The lowest BCUT2D eigenvalue weighted by molar-refractivity contribution is -0.0663. The summed E-state index contributed by atoms with van der Waals surface area (Å²) in [6, 6.07) is -0.363. The van der Waals surface area contributed by atoms with E-state index in [9.17, 15) is 9.50 Å². The van der Waals surface area contributed by atoms with Crippen LogP contribution in [0, 0.1) is 0 Å². The molecule has 2 N–H and O–H groups in total. The van der Waals surface area contributed by atoms with Crippen molar-refractivity contribution in [2.24, 2.45) is 0 Å². The van der Waals surface area contributed by atoms with Gasteiger partial charge in [0.05, 0.1) is 11.6 Å². The van der Waals surface area contributed by atoms with Gasteiger partial charge in [0.15, 0.2) is 0 Å². The Balaban J connectivity index is 2.45. The summed E-state index contributed by atoms with van der Waals surface area (Å²) in [5.74, 6) is 0. The van der Waals surface area contributed by atoms with E-state index in [1.165, 1.54) is 6.92 Å². The van der Waals surface area contributed by atoms with Crippen LogP contribution in [-0.4, -0.2) is 29.5 Å². The van der Waals surface area contributed by atoms with Crippen LogP contribution in [-0.2, 0) is 0 Å². The fourth-order valence-corrected chi connectivity index (χ4v) is 1.17. The molecule has 0 bridgehead atoms. The van der Waals surface area contributed by atoms with E-state index < -0.39 is 11.8 Å². The van der Waals surface area contributed by atoms with Gasteiger partial charge in [-0.15, -0.1) is 0 Å². The van der Waals surface area contributed by atoms with Gasteiger partial charge in [0.2, 0.25) is 0 Å². The fourth-order valence-electron chi connectivity index (χ4n) is 1.17. The second kappa shape index (κ2) is 1.92. The van der Waals surface area contributed by atoms with Crippen LogP contribution < -0.4 is 5.32 Å². The van der Waals surface area contributed by atoms with Gasteiger partial charge < -0.3 is 10.4 Å². The van der Waals surface area contributed by atoms with Gasteiger partial charge in [0, 0.05) is 6.54 Å². The van der Waals surface area contributed by atoms with Crippen LogP contribution in [0.15, 0.2) is 0 Å². The first kappa shape index (κ1) is 6.96. The van der Waals surface area contributed by atoms with E-state index in [0.29, 0.717) is 6.54 Å². The summed E-state index contributed by atoms with van der Waals surface area (Å²) < 4.78 is 12.4. The number of rotatable bonds is 1. The van der Waals surface area contributed by atoms with Crippen molar-refractivity contribution in [3.05, 3.63) is 0 Å². The number of alkyl halides is 1. The summed E-state index contributed by atoms with van der Waals surface area (Å²) >= 11 is 0. The molecular formula is C6H12FNO. The highest BCUT2D eigenvalue weighted by Crippen LogP contribution is 2.22. The number of aliphatic hydroxyl groups is 1. The monoisotopic (exact) mass is 133 g/mol. The van der Waals surface area contributed by atoms with Crippen LogP contribution in [0.5, 0.6) is 0 Å². The zero-order chi connectivity index (χ0) is 7.07. The lowest BCUT2D eigenvalue weighted by Crippen LogP contribution is -2.69. The fraction of sp³-hybridized carbons (Fsp3) is 1.00. The molecule has 3 heteroatoms. The molecule has 0 aliphatic carbocycles. The highest BCUT2D eigenvalue weighted by Gasteiger charge is 2.43. The van der Waals surface area contributed by atoms with Crippen molar-refractivity contribution in [3.8, 4) is 0 Å². The number of nitrogens with one attached hydrogen (secondary N) is 1.